The number of aryl methyl sites for hydroxylation is 2. The maximum Gasteiger partial charge on any atom is 0.220 e. The Balaban J connectivity index is 1.72. The Kier molecular flexibility index (Phi) is 4.97. The fourth-order valence-electron chi connectivity index (χ4n) is 2.69. The number of carbonyl (C=O) groups excluding carboxylic acids is 1. The number of carbonyl (C=O) groups is 1. The van der Waals surface area contributed by atoms with Gasteiger partial charge in [-0.1, -0.05) is 23.8 Å². The molecule has 0 aromatic heterocycles. The molecule has 3 nitrogen and oxygen atoms in total. The average molecular weight is 260 g/mol. The summed E-state index contributed by atoms with van der Waals surface area (Å²) in [6, 6.07) is 6.49. The Bertz CT molecular complexity index is 436. The summed E-state index contributed by atoms with van der Waals surface area (Å²) in [4.78, 5) is 11.8. The van der Waals surface area contributed by atoms with Gasteiger partial charge >= 0.3 is 0 Å². The highest BCUT2D eigenvalue weighted by Gasteiger charge is 2.17. The summed E-state index contributed by atoms with van der Waals surface area (Å²) in [5.74, 6) is 0.722. The number of hydrogen-bond acceptors (Lipinski definition) is 2. The second-order valence-electron chi connectivity index (χ2n) is 5.59. The first kappa shape index (κ1) is 14.1. The van der Waals surface area contributed by atoms with Crippen molar-refractivity contribution in [1.82, 2.24) is 10.6 Å². The van der Waals surface area contributed by atoms with Crippen molar-refractivity contribution in [3.63, 3.8) is 0 Å². The standard InChI is InChI=1S/C16H24N2O/c1-12-3-4-15(13(2)9-12)6-8-18-16(19)10-14-5-7-17-11-14/h3-4,9,14,17H,5-8,10-11H2,1-2H3,(H,18,19). The lowest BCUT2D eigenvalue weighted by Gasteiger charge is -2.10. The predicted molar refractivity (Wildman–Crippen MR) is 78.2 cm³/mol. The Labute approximate surface area is 115 Å². The van der Waals surface area contributed by atoms with Crippen molar-refractivity contribution in [3.05, 3.63) is 34.9 Å². The van der Waals surface area contributed by atoms with Gasteiger partial charge in [-0.2, -0.15) is 0 Å². The molecule has 3 heteroatoms. The molecular formula is C16H24N2O. The third-order valence-corrected chi connectivity index (χ3v) is 3.85. The van der Waals surface area contributed by atoms with Crippen molar-refractivity contribution < 1.29 is 4.79 Å². The molecule has 1 heterocycles. The highest BCUT2D eigenvalue weighted by Crippen LogP contribution is 2.12. The van der Waals surface area contributed by atoms with Crippen LogP contribution in [0.3, 0.4) is 0 Å². The molecule has 1 atom stereocenters. The van der Waals surface area contributed by atoms with E-state index in [1.807, 2.05) is 0 Å². The zero-order chi connectivity index (χ0) is 13.7. The highest BCUT2D eigenvalue weighted by molar-refractivity contribution is 5.76. The van der Waals surface area contributed by atoms with Gasteiger partial charge in [0.25, 0.3) is 0 Å². The van der Waals surface area contributed by atoms with E-state index in [-0.39, 0.29) is 5.91 Å². The van der Waals surface area contributed by atoms with E-state index in [0.29, 0.717) is 12.3 Å². The first-order valence-corrected chi connectivity index (χ1v) is 7.18. The SMILES string of the molecule is Cc1ccc(CCNC(=O)CC2CCNC2)c(C)c1. The van der Waals surface area contributed by atoms with Crippen LogP contribution in [-0.4, -0.2) is 25.5 Å². The van der Waals surface area contributed by atoms with Crippen molar-refractivity contribution in [3.8, 4) is 0 Å². The molecule has 104 valence electrons. The van der Waals surface area contributed by atoms with Crippen LogP contribution in [0.15, 0.2) is 18.2 Å². The van der Waals surface area contributed by atoms with Gasteiger partial charge in [0.05, 0.1) is 0 Å². The van der Waals surface area contributed by atoms with Gasteiger partial charge in [0.15, 0.2) is 0 Å². The average Bonchev–Trinajstić information content (AvgIpc) is 2.84. The number of benzene rings is 1. The largest absolute Gasteiger partial charge is 0.356 e. The minimum atomic E-state index is 0.193. The summed E-state index contributed by atoms with van der Waals surface area (Å²) in [5, 5.41) is 6.33. The van der Waals surface area contributed by atoms with E-state index in [1.165, 1.54) is 16.7 Å². The number of amides is 1. The van der Waals surface area contributed by atoms with Gasteiger partial charge in [-0.05, 0) is 56.8 Å². The van der Waals surface area contributed by atoms with Gasteiger partial charge in [0.1, 0.15) is 0 Å². The molecule has 1 amide bonds. The van der Waals surface area contributed by atoms with Crippen LogP contribution in [-0.2, 0) is 11.2 Å². The van der Waals surface area contributed by atoms with Crippen LogP contribution in [0.1, 0.15) is 29.5 Å². The molecule has 1 aromatic rings. The monoisotopic (exact) mass is 260 g/mol. The van der Waals surface area contributed by atoms with Crippen LogP contribution < -0.4 is 10.6 Å². The Hall–Kier alpha value is -1.35. The first-order valence-electron chi connectivity index (χ1n) is 7.18. The summed E-state index contributed by atoms with van der Waals surface area (Å²) in [6.07, 6.45) is 2.71. The highest BCUT2D eigenvalue weighted by atomic mass is 16.1. The lowest BCUT2D eigenvalue weighted by Crippen LogP contribution is -2.28. The van der Waals surface area contributed by atoms with E-state index in [4.69, 9.17) is 0 Å². The number of hydrogen-bond donors (Lipinski definition) is 2. The number of rotatable bonds is 5. The van der Waals surface area contributed by atoms with Gasteiger partial charge in [-0.15, -0.1) is 0 Å². The third kappa shape index (κ3) is 4.35. The van der Waals surface area contributed by atoms with E-state index in [2.05, 4.69) is 42.7 Å². The van der Waals surface area contributed by atoms with E-state index in [1.54, 1.807) is 0 Å². The van der Waals surface area contributed by atoms with E-state index >= 15 is 0 Å². The van der Waals surface area contributed by atoms with Crippen molar-refractivity contribution in [2.45, 2.75) is 33.1 Å². The van der Waals surface area contributed by atoms with Crippen LogP contribution in [0.5, 0.6) is 0 Å². The maximum absolute atomic E-state index is 11.8. The Morgan fingerprint density at radius 2 is 2.26 bits per heavy atom. The van der Waals surface area contributed by atoms with E-state index in [0.717, 1.165) is 32.5 Å². The molecule has 1 aliphatic heterocycles. The second-order valence-corrected chi connectivity index (χ2v) is 5.59. The fraction of sp³-hybridized carbons (Fsp3) is 0.562. The number of nitrogens with one attached hydrogen (secondary N) is 2. The molecule has 1 aliphatic rings. The van der Waals surface area contributed by atoms with Crippen LogP contribution >= 0.6 is 0 Å². The summed E-state index contributed by atoms with van der Waals surface area (Å²) in [5.41, 5.74) is 3.93. The Morgan fingerprint density at radius 1 is 1.42 bits per heavy atom. The lowest BCUT2D eigenvalue weighted by molar-refractivity contribution is -0.121. The summed E-state index contributed by atoms with van der Waals surface area (Å²) >= 11 is 0. The topological polar surface area (TPSA) is 41.1 Å². The van der Waals surface area contributed by atoms with Crippen molar-refractivity contribution >= 4 is 5.91 Å². The van der Waals surface area contributed by atoms with Crippen molar-refractivity contribution in [2.24, 2.45) is 5.92 Å². The second kappa shape index (κ2) is 6.71. The molecule has 0 saturated carbocycles. The first-order chi connectivity index (χ1) is 9.15. The molecule has 1 fully saturated rings. The molecule has 2 rings (SSSR count). The van der Waals surface area contributed by atoms with Crippen LogP contribution in [0.25, 0.3) is 0 Å². The normalized spacial score (nSPS) is 18.5. The predicted octanol–water partition coefficient (Wildman–Crippen LogP) is 1.96. The Morgan fingerprint density at radius 3 is 2.95 bits per heavy atom. The van der Waals surface area contributed by atoms with Crippen LogP contribution in [0.4, 0.5) is 0 Å². The minimum absolute atomic E-state index is 0.193. The van der Waals surface area contributed by atoms with Crippen LogP contribution in [0, 0.1) is 19.8 Å². The van der Waals surface area contributed by atoms with Crippen molar-refractivity contribution in [2.75, 3.05) is 19.6 Å². The molecule has 0 spiro atoms. The molecular weight excluding hydrogens is 236 g/mol. The molecule has 19 heavy (non-hydrogen) atoms. The fourth-order valence-corrected chi connectivity index (χ4v) is 2.69. The van der Waals surface area contributed by atoms with Crippen molar-refractivity contribution in [1.29, 1.82) is 0 Å². The lowest BCUT2D eigenvalue weighted by atomic mass is 10.0. The van der Waals surface area contributed by atoms with Crippen LogP contribution in [0.2, 0.25) is 0 Å². The summed E-state index contributed by atoms with van der Waals surface area (Å²) in [7, 11) is 0. The summed E-state index contributed by atoms with van der Waals surface area (Å²) < 4.78 is 0. The van der Waals surface area contributed by atoms with E-state index < -0.39 is 0 Å². The molecule has 1 saturated heterocycles. The molecule has 2 N–H and O–H groups in total. The quantitative estimate of drug-likeness (QED) is 0.850. The third-order valence-electron chi connectivity index (χ3n) is 3.85. The van der Waals surface area contributed by atoms with Gasteiger partial charge in [0, 0.05) is 13.0 Å². The molecule has 1 aromatic carbocycles. The van der Waals surface area contributed by atoms with Gasteiger partial charge in [0.2, 0.25) is 5.91 Å². The maximum atomic E-state index is 11.8. The smallest absolute Gasteiger partial charge is 0.220 e. The van der Waals surface area contributed by atoms with E-state index in [9.17, 15) is 4.79 Å². The molecule has 0 radical (unpaired) electrons. The summed E-state index contributed by atoms with van der Waals surface area (Å²) in [6.45, 7) is 7.02. The van der Waals surface area contributed by atoms with Gasteiger partial charge in [-0.3, -0.25) is 4.79 Å². The minimum Gasteiger partial charge on any atom is -0.356 e. The van der Waals surface area contributed by atoms with Gasteiger partial charge in [-0.25, -0.2) is 0 Å². The molecule has 0 bridgehead atoms. The zero-order valence-corrected chi connectivity index (χ0v) is 12.0. The molecule has 1 unspecified atom stereocenters. The van der Waals surface area contributed by atoms with Gasteiger partial charge < -0.3 is 10.6 Å². The zero-order valence-electron chi connectivity index (χ0n) is 12.0. The molecule has 0 aliphatic carbocycles.